The molecule has 2 heterocycles. The Hall–Kier alpha value is -4.14. The van der Waals surface area contributed by atoms with Crippen molar-refractivity contribution in [2.75, 3.05) is 36.5 Å². The van der Waals surface area contributed by atoms with Gasteiger partial charge in [0.05, 0.1) is 24.0 Å². The molecule has 9 heteroatoms. The van der Waals surface area contributed by atoms with Gasteiger partial charge in [-0.2, -0.15) is 0 Å². The fourth-order valence-corrected chi connectivity index (χ4v) is 5.17. The number of nitrogens with one attached hydrogen (secondary N) is 1. The van der Waals surface area contributed by atoms with Crippen LogP contribution < -0.4 is 19.9 Å². The van der Waals surface area contributed by atoms with Gasteiger partial charge in [0.25, 0.3) is 5.69 Å². The molecule has 36 heavy (non-hydrogen) atoms. The summed E-state index contributed by atoms with van der Waals surface area (Å²) in [6.07, 6.45) is 0.407. The number of fused-ring (bicyclic) bond motifs is 3. The van der Waals surface area contributed by atoms with Gasteiger partial charge in [-0.3, -0.25) is 14.9 Å². The van der Waals surface area contributed by atoms with Crippen molar-refractivity contribution >= 4 is 23.0 Å². The molecule has 2 aliphatic heterocycles. The fourth-order valence-electron chi connectivity index (χ4n) is 5.17. The van der Waals surface area contributed by atoms with Crippen molar-refractivity contribution in [1.29, 1.82) is 0 Å². The van der Waals surface area contributed by atoms with Crippen LogP contribution in [-0.4, -0.2) is 43.6 Å². The lowest BCUT2D eigenvalue weighted by Gasteiger charge is -2.49. The Morgan fingerprint density at radius 1 is 1.11 bits per heavy atom. The number of halogens is 1. The summed E-state index contributed by atoms with van der Waals surface area (Å²) >= 11 is 0. The molecule has 0 aliphatic carbocycles. The largest absolute Gasteiger partial charge is 0.497 e. The summed E-state index contributed by atoms with van der Waals surface area (Å²) in [6.45, 7) is 2.36. The van der Waals surface area contributed by atoms with Gasteiger partial charge >= 0.3 is 0 Å². The van der Waals surface area contributed by atoms with Crippen molar-refractivity contribution in [3.05, 3.63) is 93.8 Å². The molecule has 2 atom stereocenters. The van der Waals surface area contributed by atoms with E-state index in [1.807, 2.05) is 24.3 Å². The summed E-state index contributed by atoms with van der Waals surface area (Å²) in [5.74, 6) is -0.0697. The summed E-state index contributed by atoms with van der Waals surface area (Å²) in [4.78, 5) is 28.9. The number of ether oxygens (including phenoxy) is 1. The van der Waals surface area contributed by atoms with E-state index in [2.05, 4.69) is 15.1 Å². The van der Waals surface area contributed by atoms with Crippen LogP contribution in [-0.2, 0) is 17.8 Å². The van der Waals surface area contributed by atoms with E-state index < -0.39 is 10.8 Å². The van der Waals surface area contributed by atoms with Gasteiger partial charge in [0, 0.05) is 49.7 Å². The number of anilines is 2. The van der Waals surface area contributed by atoms with Crippen molar-refractivity contribution in [1.82, 2.24) is 5.32 Å². The van der Waals surface area contributed by atoms with Crippen LogP contribution >= 0.6 is 0 Å². The molecule has 186 valence electrons. The molecule has 0 radical (unpaired) electrons. The van der Waals surface area contributed by atoms with Gasteiger partial charge in [-0.15, -0.1) is 0 Å². The lowest BCUT2D eigenvalue weighted by molar-refractivity contribution is -0.384. The molecule has 1 saturated heterocycles. The number of non-ortho nitro benzene ring substituents is 1. The highest BCUT2D eigenvalue weighted by Crippen LogP contribution is 2.38. The number of methoxy groups -OCH3 is 1. The zero-order valence-corrected chi connectivity index (χ0v) is 19.9. The highest BCUT2D eigenvalue weighted by Gasteiger charge is 2.42. The first-order valence-electron chi connectivity index (χ1n) is 11.9. The van der Waals surface area contributed by atoms with Crippen molar-refractivity contribution in [3.8, 4) is 5.75 Å². The summed E-state index contributed by atoms with van der Waals surface area (Å²) < 4.78 is 18.5. The number of nitro benzene ring substituents is 1. The van der Waals surface area contributed by atoms with E-state index in [1.165, 1.54) is 18.2 Å². The molecule has 2 aliphatic rings. The molecule has 0 aromatic heterocycles. The topological polar surface area (TPSA) is 87.9 Å². The van der Waals surface area contributed by atoms with E-state index in [4.69, 9.17) is 4.74 Å². The number of carbonyl (C=O) groups is 1. The van der Waals surface area contributed by atoms with Crippen LogP contribution in [0, 0.1) is 21.8 Å². The summed E-state index contributed by atoms with van der Waals surface area (Å²) in [5, 5.41) is 14.4. The molecule has 0 spiro atoms. The van der Waals surface area contributed by atoms with Crippen molar-refractivity contribution in [2.45, 2.75) is 19.0 Å². The molecule has 0 saturated carbocycles. The standard InChI is InChI=1S/C27H27FN4O4/c1-36-23-9-6-21(7-10-23)30-12-13-31-25-11-8-22(32(34)35)14-19(25)15-24(26(31)17-30)27(33)29-16-18-2-4-20(28)5-3-18/h2-11,14,24,26H,12-13,15-17H2,1H3,(H,29,33)/t24-,26+/m1/s1. The lowest BCUT2D eigenvalue weighted by Crippen LogP contribution is -2.61. The molecule has 1 amide bonds. The molecular weight excluding hydrogens is 463 g/mol. The minimum absolute atomic E-state index is 0.0227. The quantitative estimate of drug-likeness (QED) is 0.416. The van der Waals surface area contributed by atoms with Crippen LogP contribution in [0.15, 0.2) is 66.7 Å². The number of benzene rings is 3. The SMILES string of the molecule is COc1ccc(N2CCN3c4ccc([N+](=O)[O-])cc4C[C@@H](C(=O)NCc4ccc(F)cc4)[C@@H]3C2)cc1. The molecule has 3 aromatic rings. The van der Waals surface area contributed by atoms with Crippen LogP contribution in [0.25, 0.3) is 0 Å². The lowest BCUT2D eigenvalue weighted by atomic mass is 9.83. The Morgan fingerprint density at radius 3 is 2.56 bits per heavy atom. The third kappa shape index (κ3) is 4.68. The van der Waals surface area contributed by atoms with E-state index in [0.717, 1.165) is 34.8 Å². The number of hydrogen-bond acceptors (Lipinski definition) is 6. The maximum Gasteiger partial charge on any atom is 0.269 e. The average molecular weight is 491 g/mol. The average Bonchev–Trinajstić information content (AvgIpc) is 2.91. The highest BCUT2D eigenvalue weighted by molar-refractivity contribution is 5.82. The van der Waals surface area contributed by atoms with Gasteiger partial charge in [-0.05, 0) is 60.0 Å². The molecule has 0 bridgehead atoms. The van der Waals surface area contributed by atoms with Gasteiger partial charge in [-0.25, -0.2) is 4.39 Å². The maximum atomic E-state index is 13.5. The van der Waals surface area contributed by atoms with E-state index in [-0.39, 0.29) is 30.0 Å². The number of rotatable bonds is 6. The second-order valence-corrected chi connectivity index (χ2v) is 9.13. The van der Waals surface area contributed by atoms with E-state index >= 15 is 0 Å². The minimum atomic E-state index is -0.405. The number of nitrogens with zero attached hydrogens (tertiary/aromatic N) is 3. The van der Waals surface area contributed by atoms with Crippen LogP contribution in [0.1, 0.15) is 11.1 Å². The molecular formula is C27H27FN4O4. The zero-order chi connectivity index (χ0) is 25.2. The molecule has 1 N–H and O–H groups in total. The summed E-state index contributed by atoms with van der Waals surface area (Å²) in [5.41, 5.74) is 3.63. The number of amides is 1. The smallest absolute Gasteiger partial charge is 0.269 e. The first-order valence-corrected chi connectivity index (χ1v) is 11.9. The molecule has 1 fully saturated rings. The van der Waals surface area contributed by atoms with Crippen molar-refractivity contribution < 1.29 is 18.8 Å². The van der Waals surface area contributed by atoms with Crippen LogP contribution in [0.2, 0.25) is 0 Å². The first kappa shape index (κ1) is 23.6. The predicted molar refractivity (Wildman–Crippen MR) is 135 cm³/mol. The summed E-state index contributed by atoms with van der Waals surface area (Å²) in [6, 6.07) is 18.7. The van der Waals surface area contributed by atoms with Crippen LogP contribution in [0.3, 0.4) is 0 Å². The van der Waals surface area contributed by atoms with Crippen LogP contribution in [0.5, 0.6) is 5.75 Å². The Bertz CT molecular complexity index is 1270. The van der Waals surface area contributed by atoms with E-state index in [9.17, 15) is 19.3 Å². The van der Waals surface area contributed by atoms with Crippen molar-refractivity contribution in [2.24, 2.45) is 5.92 Å². The van der Waals surface area contributed by atoms with E-state index in [0.29, 0.717) is 19.5 Å². The second kappa shape index (κ2) is 9.85. The van der Waals surface area contributed by atoms with Gasteiger partial charge in [0.2, 0.25) is 5.91 Å². The molecule has 0 unspecified atom stereocenters. The van der Waals surface area contributed by atoms with Crippen molar-refractivity contribution in [3.63, 3.8) is 0 Å². The number of nitro groups is 1. The monoisotopic (exact) mass is 490 g/mol. The Balaban J connectivity index is 1.41. The van der Waals surface area contributed by atoms with Gasteiger partial charge < -0.3 is 19.9 Å². The number of carbonyl (C=O) groups excluding carboxylic acids is 1. The number of hydrogen-bond donors (Lipinski definition) is 1. The predicted octanol–water partition coefficient (Wildman–Crippen LogP) is 3.93. The Morgan fingerprint density at radius 2 is 1.86 bits per heavy atom. The third-order valence-corrected chi connectivity index (χ3v) is 7.06. The first-order chi connectivity index (χ1) is 17.4. The van der Waals surface area contributed by atoms with Gasteiger partial charge in [0.1, 0.15) is 11.6 Å². The maximum absolute atomic E-state index is 13.5. The molecule has 5 rings (SSSR count). The Labute approximate surface area is 208 Å². The van der Waals surface area contributed by atoms with Gasteiger partial charge in [0.15, 0.2) is 0 Å². The normalized spacial score (nSPS) is 18.7. The number of piperazine rings is 1. The molecule has 8 nitrogen and oxygen atoms in total. The van der Waals surface area contributed by atoms with E-state index in [1.54, 1.807) is 31.4 Å². The summed E-state index contributed by atoms with van der Waals surface area (Å²) in [7, 11) is 1.63. The zero-order valence-electron chi connectivity index (χ0n) is 19.9. The fraction of sp³-hybridized carbons (Fsp3) is 0.296. The minimum Gasteiger partial charge on any atom is -0.497 e. The Kier molecular flexibility index (Phi) is 6.45. The third-order valence-electron chi connectivity index (χ3n) is 7.06. The second-order valence-electron chi connectivity index (χ2n) is 9.13. The highest BCUT2D eigenvalue weighted by atomic mass is 19.1. The molecule has 3 aromatic carbocycles. The van der Waals surface area contributed by atoms with Crippen LogP contribution in [0.4, 0.5) is 21.5 Å². The van der Waals surface area contributed by atoms with Gasteiger partial charge in [-0.1, -0.05) is 12.1 Å².